The summed E-state index contributed by atoms with van der Waals surface area (Å²) in [5.74, 6) is -7.73. The predicted molar refractivity (Wildman–Crippen MR) is 50.9 cm³/mol. The monoisotopic (exact) mass is 271 g/mol. The lowest BCUT2D eigenvalue weighted by molar-refractivity contribution is -0.269. The maximum atomic E-state index is 12.5. The number of nitrogens with zero attached hydrogens (tertiary/aromatic N) is 2. The van der Waals surface area contributed by atoms with Crippen LogP contribution in [0, 0.1) is 0 Å². The third-order valence-corrected chi connectivity index (χ3v) is 2.23. The van der Waals surface area contributed by atoms with Gasteiger partial charge in [-0.15, -0.1) is 0 Å². The first kappa shape index (κ1) is 14.4. The van der Waals surface area contributed by atoms with Crippen molar-refractivity contribution in [1.82, 2.24) is 15.1 Å². The van der Waals surface area contributed by atoms with Crippen LogP contribution in [0.5, 0.6) is 0 Å². The number of alkyl halides is 5. The van der Waals surface area contributed by atoms with E-state index >= 15 is 0 Å². The first-order chi connectivity index (χ1) is 8.16. The predicted octanol–water partition coefficient (Wildman–Crippen LogP) is 1.28. The van der Waals surface area contributed by atoms with E-state index in [2.05, 4.69) is 5.10 Å². The molecule has 0 saturated carbocycles. The number of hydrogen-bond acceptors (Lipinski definition) is 2. The molecule has 0 aliphatic carbocycles. The molecule has 0 aliphatic heterocycles. The summed E-state index contributed by atoms with van der Waals surface area (Å²) in [5, 5.41) is 5.32. The minimum Gasteiger partial charge on any atom is -0.350 e. The largest absolute Gasteiger partial charge is 0.463 e. The summed E-state index contributed by atoms with van der Waals surface area (Å²) < 4.78 is 61.9. The van der Waals surface area contributed by atoms with E-state index in [0.29, 0.717) is 5.69 Å². The van der Waals surface area contributed by atoms with Gasteiger partial charge in [-0.05, 0) is 6.07 Å². The Kier molecular flexibility index (Phi) is 3.92. The fraction of sp³-hybridized carbons (Fsp3) is 0.556. The average Bonchev–Trinajstić information content (AvgIpc) is 2.62. The van der Waals surface area contributed by atoms with Crippen LogP contribution in [0.4, 0.5) is 22.0 Å². The summed E-state index contributed by atoms with van der Waals surface area (Å²) in [5.41, 5.74) is 0.602. The normalized spacial score (nSPS) is 12.6. The van der Waals surface area contributed by atoms with E-state index < -0.39 is 18.0 Å². The maximum Gasteiger partial charge on any atom is 0.463 e. The molecule has 0 atom stereocenters. The van der Waals surface area contributed by atoms with Crippen molar-refractivity contribution >= 4 is 5.91 Å². The second-order valence-corrected chi connectivity index (χ2v) is 3.52. The zero-order valence-corrected chi connectivity index (χ0v) is 9.26. The van der Waals surface area contributed by atoms with Gasteiger partial charge in [-0.1, -0.05) is 0 Å². The number of aromatic nitrogens is 2. The number of aryl methyl sites for hydroxylation is 1. The van der Waals surface area contributed by atoms with E-state index in [1.54, 1.807) is 18.4 Å². The fourth-order valence-corrected chi connectivity index (χ4v) is 1.19. The van der Waals surface area contributed by atoms with Crippen molar-refractivity contribution in [2.24, 2.45) is 7.05 Å². The van der Waals surface area contributed by atoms with Crippen LogP contribution in [0.2, 0.25) is 0 Å². The first-order valence-corrected chi connectivity index (χ1v) is 4.86. The highest BCUT2D eigenvalue weighted by Gasteiger charge is 2.63. The first-order valence-electron chi connectivity index (χ1n) is 4.86. The molecule has 18 heavy (non-hydrogen) atoms. The molecule has 1 heterocycles. The summed E-state index contributed by atoms with van der Waals surface area (Å²) >= 11 is 0. The molecule has 1 N–H and O–H groups in total. The van der Waals surface area contributed by atoms with Gasteiger partial charge in [0, 0.05) is 31.9 Å². The summed E-state index contributed by atoms with van der Waals surface area (Å²) in [6.07, 6.45) is -4.33. The van der Waals surface area contributed by atoms with Crippen molar-refractivity contribution in [2.75, 3.05) is 6.54 Å². The summed E-state index contributed by atoms with van der Waals surface area (Å²) in [6, 6.07) is 1.56. The van der Waals surface area contributed by atoms with Gasteiger partial charge in [-0.25, -0.2) is 0 Å². The van der Waals surface area contributed by atoms with Gasteiger partial charge in [0.25, 0.3) is 5.91 Å². The number of hydrogen-bond donors (Lipinski definition) is 1. The van der Waals surface area contributed by atoms with Gasteiger partial charge < -0.3 is 5.32 Å². The third-order valence-electron chi connectivity index (χ3n) is 2.23. The van der Waals surface area contributed by atoms with E-state index in [4.69, 9.17) is 0 Å². The molecule has 1 aromatic rings. The van der Waals surface area contributed by atoms with E-state index in [1.807, 2.05) is 0 Å². The molecule has 0 aromatic carbocycles. The van der Waals surface area contributed by atoms with Crippen molar-refractivity contribution in [3.63, 3.8) is 0 Å². The molecule has 102 valence electrons. The molecular formula is C9H10F5N3O. The van der Waals surface area contributed by atoms with Gasteiger partial charge in [0.15, 0.2) is 0 Å². The van der Waals surface area contributed by atoms with Crippen LogP contribution in [0.25, 0.3) is 0 Å². The molecular weight excluding hydrogens is 261 g/mol. The third kappa shape index (κ3) is 2.96. The lowest BCUT2D eigenvalue weighted by Gasteiger charge is -2.18. The van der Waals surface area contributed by atoms with Crippen LogP contribution in [-0.4, -0.2) is 34.3 Å². The van der Waals surface area contributed by atoms with Crippen molar-refractivity contribution in [3.05, 3.63) is 18.0 Å². The topological polar surface area (TPSA) is 46.9 Å². The van der Waals surface area contributed by atoms with Gasteiger partial charge in [-0.3, -0.25) is 9.48 Å². The van der Waals surface area contributed by atoms with E-state index in [-0.39, 0.29) is 13.0 Å². The minimum absolute atomic E-state index is 0.107. The smallest absolute Gasteiger partial charge is 0.350 e. The minimum atomic E-state index is -5.89. The maximum absolute atomic E-state index is 12.5. The quantitative estimate of drug-likeness (QED) is 0.838. The molecule has 0 bridgehead atoms. The Bertz CT molecular complexity index is 426. The molecule has 1 rings (SSSR count). The fourth-order valence-electron chi connectivity index (χ4n) is 1.19. The Morgan fingerprint density at radius 1 is 1.39 bits per heavy atom. The van der Waals surface area contributed by atoms with Gasteiger partial charge in [-0.2, -0.15) is 27.1 Å². The van der Waals surface area contributed by atoms with Crippen LogP contribution in [0.3, 0.4) is 0 Å². The van der Waals surface area contributed by atoms with Crippen LogP contribution in [0.1, 0.15) is 5.69 Å². The molecule has 0 unspecified atom stereocenters. The highest BCUT2D eigenvalue weighted by molar-refractivity contribution is 5.84. The number of carbonyl (C=O) groups is 1. The second-order valence-electron chi connectivity index (χ2n) is 3.52. The van der Waals surface area contributed by atoms with Gasteiger partial charge >= 0.3 is 12.1 Å². The Hall–Kier alpha value is -1.67. The molecule has 1 aromatic heterocycles. The average molecular weight is 271 g/mol. The number of halogens is 5. The number of carbonyl (C=O) groups excluding carboxylic acids is 1. The highest BCUT2D eigenvalue weighted by atomic mass is 19.4. The molecule has 0 fully saturated rings. The number of nitrogens with one attached hydrogen (secondary N) is 1. The van der Waals surface area contributed by atoms with Crippen LogP contribution >= 0.6 is 0 Å². The lowest BCUT2D eigenvalue weighted by Crippen LogP contribution is -2.50. The lowest BCUT2D eigenvalue weighted by atomic mass is 10.2. The molecule has 0 aliphatic rings. The van der Waals surface area contributed by atoms with Crippen molar-refractivity contribution < 1.29 is 26.7 Å². The SMILES string of the molecule is Cn1nccc1CCNC(=O)C(F)(F)C(F)(F)F. The Morgan fingerprint density at radius 3 is 2.44 bits per heavy atom. The van der Waals surface area contributed by atoms with Crippen molar-refractivity contribution in [3.8, 4) is 0 Å². The van der Waals surface area contributed by atoms with Crippen LogP contribution < -0.4 is 5.32 Å². The van der Waals surface area contributed by atoms with E-state index in [0.717, 1.165) is 0 Å². The van der Waals surface area contributed by atoms with Gasteiger partial charge in [0.2, 0.25) is 0 Å². The molecule has 4 nitrogen and oxygen atoms in total. The second kappa shape index (κ2) is 4.91. The summed E-state index contributed by atoms with van der Waals surface area (Å²) in [7, 11) is 1.58. The van der Waals surface area contributed by atoms with E-state index in [9.17, 15) is 26.7 Å². The van der Waals surface area contributed by atoms with Crippen molar-refractivity contribution in [2.45, 2.75) is 18.5 Å². The Labute approximate surface area is 98.8 Å². The number of amides is 1. The standard InChI is InChI=1S/C9H10F5N3O/c1-17-6(3-5-16-17)2-4-15-7(18)8(10,11)9(12,13)14/h3,5H,2,4H2,1H3,(H,15,18). The summed E-state index contributed by atoms with van der Waals surface area (Å²) in [6.45, 7) is -0.329. The van der Waals surface area contributed by atoms with Crippen molar-refractivity contribution in [1.29, 1.82) is 0 Å². The molecule has 9 heteroatoms. The zero-order chi connectivity index (χ0) is 14.0. The van der Waals surface area contributed by atoms with Crippen LogP contribution in [-0.2, 0) is 18.3 Å². The molecule has 0 saturated heterocycles. The molecule has 0 spiro atoms. The molecule has 0 radical (unpaired) electrons. The number of rotatable bonds is 4. The van der Waals surface area contributed by atoms with Gasteiger partial charge in [0.05, 0.1) is 0 Å². The van der Waals surface area contributed by atoms with E-state index in [1.165, 1.54) is 10.9 Å². The summed E-state index contributed by atoms with van der Waals surface area (Å²) in [4.78, 5) is 10.7. The zero-order valence-electron chi connectivity index (χ0n) is 9.26. The Morgan fingerprint density at radius 2 is 2.00 bits per heavy atom. The van der Waals surface area contributed by atoms with Crippen LogP contribution in [0.15, 0.2) is 12.3 Å². The van der Waals surface area contributed by atoms with Gasteiger partial charge in [0.1, 0.15) is 0 Å². The Balaban J connectivity index is 2.50. The molecule has 1 amide bonds. The highest BCUT2D eigenvalue weighted by Crippen LogP contribution is 2.35.